The molecule has 4 atom stereocenters. The van der Waals surface area contributed by atoms with E-state index in [0.717, 1.165) is 32.1 Å². The highest BCUT2D eigenvalue weighted by Gasteiger charge is 2.54. The number of rotatable bonds is 3. The zero-order chi connectivity index (χ0) is 11.3. The average Bonchev–Trinajstić information content (AvgIpc) is 2.81. The van der Waals surface area contributed by atoms with E-state index < -0.39 is 11.9 Å². The van der Waals surface area contributed by atoms with Crippen molar-refractivity contribution >= 4 is 11.9 Å². The molecule has 2 bridgehead atoms. The summed E-state index contributed by atoms with van der Waals surface area (Å²) in [4.78, 5) is 23.3. The maximum Gasteiger partial charge on any atom is 0.307 e. The first kappa shape index (κ1) is 10.1. The Labute approximate surface area is 94.4 Å². The van der Waals surface area contributed by atoms with Gasteiger partial charge < -0.3 is 10.4 Å². The van der Waals surface area contributed by atoms with Crippen LogP contribution in [0.5, 0.6) is 0 Å². The van der Waals surface area contributed by atoms with Crippen LogP contribution in [0.3, 0.4) is 0 Å². The molecule has 4 nitrogen and oxygen atoms in total. The molecule has 0 aromatic heterocycles. The highest BCUT2D eigenvalue weighted by Crippen LogP contribution is 2.52. The molecular formula is C12H17NO3. The fourth-order valence-corrected chi connectivity index (χ4v) is 3.55. The largest absolute Gasteiger partial charge is 0.481 e. The Bertz CT molecular complexity index is 337. The zero-order valence-corrected chi connectivity index (χ0v) is 9.19. The van der Waals surface area contributed by atoms with Gasteiger partial charge in [0.15, 0.2) is 0 Å². The average molecular weight is 223 g/mol. The molecule has 0 radical (unpaired) electrons. The second kappa shape index (κ2) is 3.47. The van der Waals surface area contributed by atoms with Crippen LogP contribution in [-0.4, -0.2) is 23.0 Å². The van der Waals surface area contributed by atoms with Gasteiger partial charge in [-0.05, 0) is 43.9 Å². The molecule has 0 unspecified atom stereocenters. The van der Waals surface area contributed by atoms with Gasteiger partial charge in [0, 0.05) is 6.04 Å². The number of fused-ring (bicyclic) bond motifs is 2. The number of carboxylic acids is 1. The predicted molar refractivity (Wildman–Crippen MR) is 56.6 cm³/mol. The van der Waals surface area contributed by atoms with Gasteiger partial charge in [-0.25, -0.2) is 0 Å². The number of carboxylic acid groups (broad SMARTS) is 1. The van der Waals surface area contributed by atoms with E-state index in [0.29, 0.717) is 12.0 Å². The molecular weight excluding hydrogens is 206 g/mol. The number of nitrogens with one attached hydrogen (secondary N) is 1. The van der Waals surface area contributed by atoms with Crippen LogP contribution in [0, 0.1) is 23.7 Å². The van der Waals surface area contributed by atoms with Gasteiger partial charge >= 0.3 is 5.97 Å². The summed E-state index contributed by atoms with van der Waals surface area (Å²) in [5, 5.41) is 12.2. The lowest BCUT2D eigenvalue weighted by Crippen LogP contribution is -2.42. The second-order valence-electron chi connectivity index (χ2n) is 5.51. The Morgan fingerprint density at radius 3 is 2.19 bits per heavy atom. The van der Waals surface area contributed by atoms with E-state index in [2.05, 4.69) is 5.32 Å². The molecule has 2 N–H and O–H groups in total. The molecule has 3 fully saturated rings. The zero-order valence-electron chi connectivity index (χ0n) is 9.19. The molecule has 3 saturated carbocycles. The van der Waals surface area contributed by atoms with Gasteiger partial charge in [-0.2, -0.15) is 0 Å². The summed E-state index contributed by atoms with van der Waals surface area (Å²) < 4.78 is 0. The normalized spacial score (nSPS) is 41.0. The molecule has 0 aliphatic heterocycles. The van der Waals surface area contributed by atoms with Crippen molar-refractivity contribution in [1.82, 2.24) is 5.32 Å². The molecule has 0 heterocycles. The fraction of sp³-hybridized carbons (Fsp3) is 0.833. The lowest BCUT2D eigenvalue weighted by Gasteiger charge is -2.27. The lowest BCUT2D eigenvalue weighted by atomic mass is 9.78. The SMILES string of the molecule is O=C(O)[C@H]1[C@H]2CC[C@H](C2)[C@@H]1C(=O)NC1CC1. The Hall–Kier alpha value is -1.06. The molecule has 0 aromatic carbocycles. The maximum absolute atomic E-state index is 12.0. The Morgan fingerprint density at radius 1 is 1.00 bits per heavy atom. The maximum atomic E-state index is 12.0. The smallest absolute Gasteiger partial charge is 0.307 e. The first-order valence-corrected chi connectivity index (χ1v) is 6.20. The van der Waals surface area contributed by atoms with Crippen LogP contribution in [0.25, 0.3) is 0 Å². The molecule has 4 heteroatoms. The van der Waals surface area contributed by atoms with Crippen LogP contribution < -0.4 is 5.32 Å². The van der Waals surface area contributed by atoms with Crippen molar-refractivity contribution in [2.75, 3.05) is 0 Å². The Morgan fingerprint density at radius 2 is 1.62 bits per heavy atom. The summed E-state index contributed by atoms with van der Waals surface area (Å²) in [7, 11) is 0. The van der Waals surface area contributed by atoms with Gasteiger partial charge in [0.25, 0.3) is 0 Å². The van der Waals surface area contributed by atoms with Crippen LogP contribution in [-0.2, 0) is 9.59 Å². The van der Waals surface area contributed by atoms with E-state index in [1.165, 1.54) is 0 Å². The number of carbonyl (C=O) groups excluding carboxylic acids is 1. The molecule has 3 aliphatic rings. The van der Waals surface area contributed by atoms with Crippen molar-refractivity contribution in [3.63, 3.8) is 0 Å². The second-order valence-corrected chi connectivity index (χ2v) is 5.51. The predicted octanol–water partition coefficient (Wildman–Crippen LogP) is 1.01. The van der Waals surface area contributed by atoms with Crippen molar-refractivity contribution in [3.8, 4) is 0 Å². The minimum absolute atomic E-state index is 0.00194. The van der Waals surface area contributed by atoms with E-state index in [1.54, 1.807) is 0 Å². The third-order valence-corrected chi connectivity index (χ3v) is 4.43. The minimum atomic E-state index is -0.775. The van der Waals surface area contributed by atoms with Gasteiger partial charge in [0.1, 0.15) is 0 Å². The summed E-state index contributed by atoms with van der Waals surface area (Å²) in [5.41, 5.74) is 0. The van der Waals surface area contributed by atoms with Gasteiger partial charge in [0.05, 0.1) is 11.8 Å². The van der Waals surface area contributed by atoms with Crippen molar-refractivity contribution in [2.24, 2.45) is 23.7 Å². The molecule has 1 amide bonds. The van der Waals surface area contributed by atoms with E-state index >= 15 is 0 Å². The van der Waals surface area contributed by atoms with Crippen LogP contribution in [0.1, 0.15) is 32.1 Å². The molecule has 3 aliphatic carbocycles. The number of aliphatic carboxylic acids is 1. The van der Waals surface area contributed by atoms with Crippen molar-refractivity contribution in [1.29, 1.82) is 0 Å². The molecule has 16 heavy (non-hydrogen) atoms. The molecule has 3 rings (SSSR count). The number of amides is 1. The summed E-state index contributed by atoms with van der Waals surface area (Å²) in [5.74, 6) is -0.873. The monoisotopic (exact) mass is 223 g/mol. The van der Waals surface area contributed by atoms with Gasteiger partial charge in [-0.15, -0.1) is 0 Å². The number of hydrogen-bond donors (Lipinski definition) is 2. The molecule has 0 aromatic rings. The van der Waals surface area contributed by atoms with Crippen LogP contribution >= 0.6 is 0 Å². The van der Waals surface area contributed by atoms with Crippen molar-refractivity contribution in [3.05, 3.63) is 0 Å². The van der Waals surface area contributed by atoms with Gasteiger partial charge in [-0.1, -0.05) is 0 Å². The molecule has 0 saturated heterocycles. The van der Waals surface area contributed by atoms with E-state index in [9.17, 15) is 14.7 Å². The van der Waals surface area contributed by atoms with E-state index in [1.807, 2.05) is 0 Å². The first-order valence-electron chi connectivity index (χ1n) is 6.20. The van der Waals surface area contributed by atoms with Crippen LogP contribution in [0.4, 0.5) is 0 Å². The highest BCUT2D eigenvalue weighted by molar-refractivity contribution is 5.86. The number of hydrogen-bond acceptors (Lipinski definition) is 2. The van der Waals surface area contributed by atoms with Crippen LogP contribution in [0.2, 0.25) is 0 Å². The summed E-state index contributed by atoms with van der Waals surface area (Å²) in [6.45, 7) is 0. The quantitative estimate of drug-likeness (QED) is 0.750. The lowest BCUT2D eigenvalue weighted by molar-refractivity contribution is -0.149. The van der Waals surface area contributed by atoms with Gasteiger partial charge in [0.2, 0.25) is 5.91 Å². The molecule has 88 valence electrons. The topological polar surface area (TPSA) is 66.4 Å². The number of carbonyl (C=O) groups is 2. The first-order chi connectivity index (χ1) is 7.66. The van der Waals surface area contributed by atoms with E-state index in [-0.39, 0.29) is 17.7 Å². The highest BCUT2D eigenvalue weighted by atomic mass is 16.4. The minimum Gasteiger partial charge on any atom is -0.481 e. The van der Waals surface area contributed by atoms with Gasteiger partial charge in [-0.3, -0.25) is 9.59 Å². The standard InChI is InChI=1S/C12H17NO3/c14-11(13-8-3-4-8)9-6-1-2-7(5-6)10(9)12(15)16/h6-10H,1-5H2,(H,13,14)(H,15,16)/t6-,7+,9+,10+/m1/s1. The van der Waals surface area contributed by atoms with E-state index in [4.69, 9.17) is 0 Å². The summed E-state index contributed by atoms with van der Waals surface area (Å²) in [6.07, 6.45) is 5.10. The Balaban J connectivity index is 1.75. The summed E-state index contributed by atoms with van der Waals surface area (Å²) >= 11 is 0. The van der Waals surface area contributed by atoms with Crippen molar-refractivity contribution in [2.45, 2.75) is 38.1 Å². The third kappa shape index (κ3) is 1.51. The Kier molecular flexibility index (Phi) is 2.19. The van der Waals surface area contributed by atoms with Crippen molar-refractivity contribution < 1.29 is 14.7 Å². The third-order valence-electron chi connectivity index (χ3n) is 4.43. The molecule has 0 spiro atoms. The fourth-order valence-electron chi connectivity index (χ4n) is 3.55. The van der Waals surface area contributed by atoms with Crippen LogP contribution in [0.15, 0.2) is 0 Å². The summed E-state index contributed by atoms with van der Waals surface area (Å²) in [6, 6.07) is 0.334.